The van der Waals surface area contributed by atoms with Gasteiger partial charge in [-0.1, -0.05) is 5.16 Å². The van der Waals surface area contributed by atoms with Crippen LogP contribution in [0.2, 0.25) is 0 Å². The van der Waals surface area contributed by atoms with Crippen molar-refractivity contribution in [3.05, 3.63) is 17.0 Å². The minimum Gasteiger partial charge on any atom is -0.381 e. The fourth-order valence-corrected chi connectivity index (χ4v) is 4.53. The molecule has 2 aliphatic heterocycles. The maximum Gasteiger partial charge on any atom is 0.138 e. The van der Waals surface area contributed by atoms with Crippen LogP contribution in [-0.4, -0.2) is 49.6 Å². The lowest BCUT2D eigenvalue weighted by Crippen LogP contribution is -2.49. The van der Waals surface area contributed by atoms with Crippen molar-refractivity contribution >= 4 is 0 Å². The Bertz CT molecular complexity index is 554. The molecule has 1 spiro atoms. The molecule has 3 fully saturated rings. The lowest BCUT2D eigenvalue weighted by molar-refractivity contribution is -0.101. The summed E-state index contributed by atoms with van der Waals surface area (Å²) >= 11 is 0. The van der Waals surface area contributed by atoms with Crippen LogP contribution in [0, 0.1) is 31.1 Å². The van der Waals surface area contributed by atoms with Gasteiger partial charge in [0.25, 0.3) is 0 Å². The standard InChI is InChI=1S/C20H32N2O3/c1-15-19(16(2)25-21-15)11-22-8-5-20(6-9-22)7-10-23-13-18(20)14-24-12-17-3-4-17/h17-18H,3-14H2,1-2H3/t18-/m1/s1. The van der Waals surface area contributed by atoms with E-state index in [2.05, 4.69) is 10.1 Å². The first-order valence-corrected chi connectivity index (χ1v) is 9.96. The van der Waals surface area contributed by atoms with Gasteiger partial charge in [-0.3, -0.25) is 4.90 Å². The Labute approximate surface area is 151 Å². The number of aromatic nitrogens is 1. The molecule has 0 amide bonds. The molecule has 3 heterocycles. The van der Waals surface area contributed by atoms with Crippen LogP contribution in [0.3, 0.4) is 0 Å². The highest BCUT2D eigenvalue weighted by Gasteiger charge is 2.43. The van der Waals surface area contributed by atoms with E-state index in [-0.39, 0.29) is 0 Å². The second-order valence-corrected chi connectivity index (χ2v) is 8.44. The molecule has 1 aromatic heterocycles. The Morgan fingerprint density at radius 1 is 1.16 bits per heavy atom. The van der Waals surface area contributed by atoms with Crippen LogP contribution in [0.25, 0.3) is 0 Å². The van der Waals surface area contributed by atoms with Crippen LogP contribution in [0.1, 0.15) is 49.1 Å². The molecule has 1 aliphatic carbocycles. The van der Waals surface area contributed by atoms with Crippen molar-refractivity contribution in [2.75, 3.05) is 39.5 Å². The predicted molar refractivity (Wildman–Crippen MR) is 95.4 cm³/mol. The van der Waals surface area contributed by atoms with Crippen LogP contribution in [0.5, 0.6) is 0 Å². The van der Waals surface area contributed by atoms with Crippen LogP contribution in [0.15, 0.2) is 4.52 Å². The highest BCUT2D eigenvalue weighted by molar-refractivity contribution is 5.20. The minimum atomic E-state index is 0.428. The van der Waals surface area contributed by atoms with Crippen molar-refractivity contribution in [2.45, 2.75) is 52.5 Å². The van der Waals surface area contributed by atoms with Crippen LogP contribution >= 0.6 is 0 Å². The molecule has 25 heavy (non-hydrogen) atoms. The molecule has 0 aromatic carbocycles. The van der Waals surface area contributed by atoms with Crippen LogP contribution in [0.4, 0.5) is 0 Å². The van der Waals surface area contributed by atoms with Crippen molar-refractivity contribution < 1.29 is 14.0 Å². The number of ether oxygens (including phenoxy) is 2. The highest BCUT2D eigenvalue weighted by atomic mass is 16.5. The molecule has 5 nitrogen and oxygen atoms in total. The summed E-state index contributed by atoms with van der Waals surface area (Å²) in [5, 5.41) is 4.10. The zero-order valence-electron chi connectivity index (χ0n) is 15.8. The molecule has 2 saturated heterocycles. The van der Waals surface area contributed by atoms with Gasteiger partial charge in [0.1, 0.15) is 5.76 Å². The van der Waals surface area contributed by atoms with Gasteiger partial charge in [0, 0.05) is 31.2 Å². The first kappa shape index (κ1) is 17.5. The zero-order valence-corrected chi connectivity index (χ0v) is 15.8. The first-order valence-electron chi connectivity index (χ1n) is 9.96. The SMILES string of the molecule is Cc1noc(C)c1CN1CCC2(CCOC[C@@H]2COCC2CC2)CC1. The maximum atomic E-state index is 6.05. The Balaban J connectivity index is 1.33. The van der Waals surface area contributed by atoms with Crippen molar-refractivity contribution in [1.29, 1.82) is 0 Å². The topological polar surface area (TPSA) is 47.7 Å². The molecular formula is C20H32N2O3. The normalized spacial score (nSPS) is 27.0. The lowest BCUT2D eigenvalue weighted by Gasteiger charge is -2.49. The maximum absolute atomic E-state index is 6.05. The van der Waals surface area contributed by atoms with E-state index in [4.69, 9.17) is 14.0 Å². The number of likely N-dealkylation sites (tertiary alicyclic amines) is 1. The summed E-state index contributed by atoms with van der Waals surface area (Å²) in [7, 11) is 0. The third-order valence-corrected chi connectivity index (χ3v) is 6.71. The summed E-state index contributed by atoms with van der Waals surface area (Å²) < 4.78 is 17.2. The van der Waals surface area contributed by atoms with Gasteiger partial charge < -0.3 is 14.0 Å². The van der Waals surface area contributed by atoms with E-state index in [9.17, 15) is 0 Å². The Kier molecular flexibility index (Phi) is 5.16. The molecule has 0 N–H and O–H groups in total. The Morgan fingerprint density at radius 2 is 1.96 bits per heavy atom. The average molecular weight is 348 g/mol. The third kappa shape index (κ3) is 3.93. The average Bonchev–Trinajstić information content (AvgIpc) is 3.40. The van der Waals surface area contributed by atoms with Gasteiger partial charge in [-0.2, -0.15) is 0 Å². The summed E-state index contributed by atoms with van der Waals surface area (Å²) in [4.78, 5) is 2.56. The van der Waals surface area contributed by atoms with Gasteiger partial charge in [-0.05, 0) is 70.4 Å². The van der Waals surface area contributed by atoms with E-state index in [0.29, 0.717) is 11.3 Å². The van der Waals surface area contributed by atoms with Gasteiger partial charge >= 0.3 is 0 Å². The van der Waals surface area contributed by atoms with Gasteiger partial charge in [-0.15, -0.1) is 0 Å². The summed E-state index contributed by atoms with van der Waals surface area (Å²) in [6.45, 7) is 11.0. The number of piperidine rings is 1. The molecule has 0 radical (unpaired) electrons. The quantitative estimate of drug-likeness (QED) is 0.789. The molecule has 1 atom stereocenters. The number of hydrogen-bond donors (Lipinski definition) is 0. The molecule has 0 bridgehead atoms. The molecule has 1 saturated carbocycles. The molecule has 5 heteroatoms. The number of hydrogen-bond acceptors (Lipinski definition) is 5. The van der Waals surface area contributed by atoms with Crippen LogP contribution in [-0.2, 0) is 16.0 Å². The summed E-state index contributed by atoms with van der Waals surface area (Å²) in [6.07, 6.45) is 6.45. The number of rotatable bonds is 6. The van der Waals surface area contributed by atoms with E-state index in [1.165, 1.54) is 37.7 Å². The molecule has 140 valence electrons. The van der Waals surface area contributed by atoms with Gasteiger partial charge in [0.2, 0.25) is 0 Å². The van der Waals surface area contributed by atoms with Gasteiger partial charge in [0.15, 0.2) is 0 Å². The second kappa shape index (κ2) is 7.37. The fourth-order valence-electron chi connectivity index (χ4n) is 4.53. The van der Waals surface area contributed by atoms with Crippen molar-refractivity contribution in [3.8, 4) is 0 Å². The van der Waals surface area contributed by atoms with Crippen LogP contribution < -0.4 is 0 Å². The first-order chi connectivity index (χ1) is 12.2. The van der Waals surface area contributed by atoms with Crippen molar-refractivity contribution in [3.63, 3.8) is 0 Å². The fraction of sp³-hybridized carbons (Fsp3) is 0.850. The van der Waals surface area contributed by atoms with E-state index in [0.717, 1.165) is 63.4 Å². The minimum absolute atomic E-state index is 0.428. The highest BCUT2D eigenvalue weighted by Crippen LogP contribution is 2.45. The number of aryl methyl sites for hydroxylation is 2. The monoisotopic (exact) mass is 348 g/mol. The largest absolute Gasteiger partial charge is 0.381 e. The summed E-state index contributed by atoms with van der Waals surface area (Å²) in [5.74, 6) is 2.38. The smallest absolute Gasteiger partial charge is 0.138 e. The van der Waals surface area contributed by atoms with E-state index in [1.807, 2.05) is 13.8 Å². The molecule has 4 rings (SSSR count). The summed E-state index contributed by atoms with van der Waals surface area (Å²) in [6, 6.07) is 0. The second-order valence-electron chi connectivity index (χ2n) is 8.44. The molecule has 1 aromatic rings. The Morgan fingerprint density at radius 3 is 2.64 bits per heavy atom. The lowest BCUT2D eigenvalue weighted by atomic mass is 9.66. The van der Waals surface area contributed by atoms with Gasteiger partial charge in [0.05, 0.1) is 18.9 Å². The number of nitrogens with zero attached hydrogens (tertiary/aromatic N) is 2. The third-order valence-electron chi connectivity index (χ3n) is 6.71. The van der Waals surface area contributed by atoms with E-state index < -0.39 is 0 Å². The molecular weight excluding hydrogens is 316 g/mol. The zero-order chi connectivity index (χ0) is 17.3. The predicted octanol–water partition coefficient (Wildman–Crippen LogP) is 3.34. The van der Waals surface area contributed by atoms with E-state index in [1.54, 1.807) is 0 Å². The Hall–Kier alpha value is -0.910. The van der Waals surface area contributed by atoms with Gasteiger partial charge in [-0.25, -0.2) is 0 Å². The molecule has 0 unspecified atom stereocenters. The van der Waals surface area contributed by atoms with E-state index >= 15 is 0 Å². The van der Waals surface area contributed by atoms with Crippen molar-refractivity contribution in [2.24, 2.45) is 17.3 Å². The van der Waals surface area contributed by atoms with Crippen molar-refractivity contribution in [1.82, 2.24) is 10.1 Å². The summed E-state index contributed by atoms with van der Waals surface area (Å²) in [5.41, 5.74) is 2.74. The molecule has 3 aliphatic rings.